The number of rotatable bonds is 9. The van der Waals surface area contributed by atoms with E-state index >= 15 is 0 Å². The number of aromatic nitrogens is 2. The molecule has 0 aliphatic carbocycles. The number of amides is 1. The van der Waals surface area contributed by atoms with Crippen LogP contribution in [0.25, 0.3) is 0 Å². The smallest absolute Gasteiger partial charge is 0.219 e. The lowest BCUT2D eigenvalue weighted by atomic mass is 10.0. The molecular formula is C27H33FN4O4. The lowest BCUT2D eigenvalue weighted by Gasteiger charge is -2.32. The molecule has 4 rings (SSSR count). The predicted molar refractivity (Wildman–Crippen MR) is 133 cm³/mol. The molecule has 1 atom stereocenters. The van der Waals surface area contributed by atoms with Crippen LogP contribution >= 0.6 is 0 Å². The summed E-state index contributed by atoms with van der Waals surface area (Å²) in [4.78, 5) is 20.1. The van der Waals surface area contributed by atoms with Gasteiger partial charge in [-0.25, -0.2) is 9.37 Å². The Morgan fingerprint density at radius 2 is 1.92 bits per heavy atom. The molecular weight excluding hydrogens is 463 g/mol. The van der Waals surface area contributed by atoms with Gasteiger partial charge in [-0.3, -0.25) is 9.69 Å². The number of β-amino-alcohol motifs (C(OH)–C–C–N with tert-alkyl or cyclic N) is 1. The number of hydrogen-bond donors (Lipinski definition) is 1. The maximum absolute atomic E-state index is 13.2. The molecule has 1 saturated heterocycles. The van der Waals surface area contributed by atoms with Gasteiger partial charge in [-0.05, 0) is 48.9 Å². The Morgan fingerprint density at radius 1 is 1.11 bits per heavy atom. The Kier molecular flexibility index (Phi) is 8.22. The Morgan fingerprint density at radius 3 is 2.64 bits per heavy atom. The zero-order chi connectivity index (χ0) is 25.5. The second kappa shape index (κ2) is 11.5. The second-order valence-electron chi connectivity index (χ2n) is 9.28. The molecule has 1 aliphatic heterocycles. The number of aliphatic hydroxyl groups is 1. The van der Waals surface area contributed by atoms with E-state index in [9.17, 15) is 14.3 Å². The molecule has 36 heavy (non-hydrogen) atoms. The molecule has 1 N–H and O–H groups in total. The molecule has 2 heterocycles. The van der Waals surface area contributed by atoms with Gasteiger partial charge in [0.05, 0.1) is 13.1 Å². The lowest BCUT2D eigenvalue weighted by molar-refractivity contribution is -0.132. The van der Waals surface area contributed by atoms with Gasteiger partial charge >= 0.3 is 0 Å². The topological polar surface area (TPSA) is 80.1 Å². The van der Waals surface area contributed by atoms with Crippen molar-refractivity contribution < 1.29 is 23.8 Å². The van der Waals surface area contributed by atoms with Gasteiger partial charge in [0.2, 0.25) is 5.91 Å². The molecule has 0 saturated carbocycles. The molecule has 192 valence electrons. The van der Waals surface area contributed by atoms with Crippen molar-refractivity contribution in [3.63, 3.8) is 0 Å². The quantitative estimate of drug-likeness (QED) is 0.491. The Labute approximate surface area is 210 Å². The fraction of sp³-hybridized carbons (Fsp3) is 0.407. The van der Waals surface area contributed by atoms with Crippen LogP contribution in [0.1, 0.15) is 18.3 Å². The number of ether oxygens (including phenoxy) is 2. The van der Waals surface area contributed by atoms with E-state index < -0.39 is 5.60 Å². The van der Waals surface area contributed by atoms with Crippen molar-refractivity contribution in [2.24, 2.45) is 0 Å². The summed E-state index contributed by atoms with van der Waals surface area (Å²) in [5.41, 5.74) is -0.239. The minimum Gasteiger partial charge on any atom is -0.492 e. The maximum Gasteiger partial charge on any atom is 0.219 e. The van der Waals surface area contributed by atoms with Crippen LogP contribution in [0.15, 0.2) is 60.9 Å². The maximum atomic E-state index is 13.2. The van der Waals surface area contributed by atoms with Crippen LogP contribution in [0.2, 0.25) is 0 Å². The summed E-state index contributed by atoms with van der Waals surface area (Å²) in [5, 5.41) is 11.5. The van der Waals surface area contributed by atoms with Gasteiger partial charge < -0.3 is 24.0 Å². The molecule has 3 aromatic rings. The van der Waals surface area contributed by atoms with Crippen molar-refractivity contribution in [1.82, 2.24) is 19.4 Å². The van der Waals surface area contributed by atoms with E-state index in [0.29, 0.717) is 45.1 Å². The van der Waals surface area contributed by atoms with Crippen LogP contribution in [0.5, 0.6) is 11.5 Å². The third-order valence-electron chi connectivity index (χ3n) is 6.28. The van der Waals surface area contributed by atoms with Crippen LogP contribution in [-0.2, 0) is 17.9 Å². The van der Waals surface area contributed by atoms with Gasteiger partial charge in [0, 0.05) is 45.5 Å². The third-order valence-corrected chi connectivity index (χ3v) is 6.28. The van der Waals surface area contributed by atoms with E-state index in [1.165, 1.54) is 31.2 Å². The van der Waals surface area contributed by atoms with Gasteiger partial charge in [0.25, 0.3) is 0 Å². The summed E-state index contributed by atoms with van der Waals surface area (Å²) in [7, 11) is 0. The molecule has 0 bridgehead atoms. The summed E-state index contributed by atoms with van der Waals surface area (Å²) in [6, 6.07) is 13.6. The van der Waals surface area contributed by atoms with Crippen molar-refractivity contribution in [1.29, 1.82) is 0 Å². The Hall–Kier alpha value is -3.43. The summed E-state index contributed by atoms with van der Waals surface area (Å²) < 4.78 is 27.0. The van der Waals surface area contributed by atoms with Gasteiger partial charge in [0.15, 0.2) is 0 Å². The van der Waals surface area contributed by atoms with Gasteiger partial charge in [-0.1, -0.05) is 12.1 Å². The van der Waals surface area contributed by atoms with Crippen LogP contribution in [0.4, 0.5) is 4.39 Å². The molecule has 0 unspecified atom stereocenters. The van der Waals surface area contributed by atoms with Crippen molar-refractivity contribution in [2.75, 3.05) is 39.4 Å². The second-order valence-corrected chi connectivity index (χ2v) is 9.28. The highest BCUT2D eigenvalue weighted by atomic mass is 19.1. The molecule has 8 nitrogen and oxygen atoms in total. The average molecular weight is 497 g/mol. The minimum atomic E-state index is -1.28. The van der Waals surface area contributed by atoms with Crippen molar-refractivity contribution in [2.45, 2.75) is 32.5 Å². The number of hydrogen-bond acceptors (Lipinski definition) is 6. The SMILES string of the molecule is CC(=O)N1CCN(Cc2cccc(OCCn3ccnc3C)c2)C[C@](O)(COc2ccc(F)cc2)C1. The molecule has 1 aliphatic rings. The molecule has 0 radical (unpaired) electrons. The Balaban J connectivity index is 1.39. The van der Waals surface area contributed by atoms with Gasteiger partial charge in [-0.2, -0.15) is 0 Å². The number of carbonyl (C=O) groups is 1. The van der Waals surface area contributed by atoms with E-state index in [-0.39, 0.29) is 24.9 Å². The third kappa shape index (κ3) is 7.05. The van der Waals surface area contributed by atoms with Crippen molar-refractivity contribution in [3.8, 4) is 11.5 Å². The van der Waals surface area contributed by atoms with Crippen molar-refractivity contribution >= 4 is 5.91 Å². The van der Waals surface area contributed by atoms with Crippen LogP contribution in [-0.4, -0.2) is 75.4 Å². The number of halogens is 1. The Bertz CT molecular complexity index is 1150. The van der Waals surface area contributed by atoms with Gasteiger partial charge in [-0.15, -0.1) is 0 Å². The summed E-state index contributed by atoms with van der Waals surface area (Å²) in [5.74, 6) is 1.74. The van der Waals surface area contributed by atoms with E-state index in [1.54, 1.807) is 11.1 Å². The monoisotopic (exact) mass is 496 g/mol. The zero-order valence-electron chi connectivity index (χ0n) is 20.8. The highest BCUT2D eigenvalue weighted by molar-refractivity contribution is 5.73. The molecule has 9 heteroatoms. The first-order valence-corrected chi connectivity index (χ1v) is 12.1. The summed E-state index contributed by atoms with van der Waals surface area (Å²) in [6.45, 7) is 6.88. The van der Waals surface area contributed by atoms with Crippen molar-refractivity contribution in [3.05, 3.63) is 78.1 Å². The summed E-state index contributed by atoms with van der Waals surface area (Å²) >= 11 is 0. The number of aryl methyl sites for hydroxylation is 1. The van der Waals surface area contributed by atoms with Crippen LogP contribution in [0.3, 0.4) is 0 Å². The standard InChI is InChI=1S/C27H33FN4O4/c1-21-29-10-11-31(21)14-15-35-26-5-3-4-23(16-26)17-30-12-13-32(22(2)33)19-27(34,18-30)20-36-25-8-6-24(28)7-9-25/h3-11,16,34H,12-15,17-20H2,1-2H3/t27-/m1/s1. The predicted octanol–water partition coefficient (Wildman–Crippen LogP) is 2.88. The van der Waals surface area contributed by atoms with E-state index in [4.69, 9.17) is 9.47 Å². The first-order valence-electron chi connectivity index (χ1n) is 12.1. The molecule has 2 aromatic carbocycles. The normalized spacial score (nSPS) is 18.6. The lowest BCUT2D eigenvalue weighted by Crippen LogP contribution is -2.51. The minimum absolute atomic E-state index is 0.0181. The molecule has 1 aromatic heterocycles. The fourth-order valence-electron chi connectivity index (χ4n) is 4.38. The zero-order valence-corrected chi connectivity index (χ0v) is 20.8. The van der Waals surface area contributed by atoms with E-state index in [0.717, 1.165) is 17.1 Å². The average Bonchev–Trinajstić information content (AvgIpc) is 3.17. The van der Waals surface area contributed by atoms with Gasteiger partial charge in [0.1, 0.15) is 42.0 Å². The van der Waals surface area contributed by atoms with Crippen LogP contribution < -0.4 is 9.47 Å². The fourth-order valence-corrected chi connectivity index (χ4v) is 4.38. The largest absolute Gasteiger partial charge is 0.492 e. The van der Waals surface area contributed by atoms with E-state index in [1.807, 2.05) is 42.0 Å². The summed E-state index contributed by atoms with van der Waals surface area (Å²) in [6.07, 6.45) is 3.70. The van der Waals surface area contributed by atoms with E-state index in [2.05, 4.69) is 9.88 Å². The first kappa shape index (κ1) is 25.7. The first-order chi connectivity index (χ1) is 17.3. The molecule has 1 fully saturated rings. The number of imidazole rings is 1. The molecule has 1 amide bonds. The highest BCUT2D eigenvalue weighted by Crippen LogP contribution is 2.21. The highest BCUT2D eigenvalue weighted by Gasteiger charge is 2.37. The number of carbonyl (C=O) groups excluding carboxylic acids is 1. The number of nitrogens with zero attached hydrogens (tertiary/aromatic N) is 4. The van der Waals surface area contributed by atoms with Crippen LogP contribution in [0, 0.1) is 12.7 Å². The number of benzene rings is 2. The molecule has 0 spiro atoms.